The number of thiazole rings is 1. The summed E-state index contributed by atoms with van der Waals surface area (Å²) in [5, 5.41) is 5.97. The first kappa shape index (κ1) is 14.1. The summed E-state index contributed by atoms with van der Waals surface area (Å²) in [5.41, 5.74) is 6.04. The van der Waals surface area contributed by atoms with Gasteiger partial charge >= 0.3 is 5.97 Å². The Bertz CT molecular complexity index is 470. The number of aromatic nitrogens is 1. The fourth-order valence-electron chi connectivity index (χ4n) is 1.51. The van der Waals surface area contributed by atoms with Crippen molar-refractivity contribution in [2.24, 2.45) is 5.16 Å². The highest BCUT2D eigenvalue weighted by Gasteiger charge is 2.22. The van der Waals surface area contributed by atoms with E-state index >= 15 is 0 Å². The lowest BCUT2D eigenvalue weighted by Gasteiger charge is -2.08. The normalized spacial score (nSPS) is 19.4. The molecule has 2 heterocycles. The lowest BCUT2D eigenvalue weighted by atomic mass is 10.3. The van der Waals surface area contributed by atoms with Crippen LogP contribution < -0.4 is 5.73 Å². The molecule has 1 fully saturated rings. The second-order valence-corrected chi connectivity index (χ2v) is 5.86. The molecule has 1 unspecified atom stereocenters. The zero-order valence-corrected chi connectivity index (χ0v) is 12.1. The zero-order valence-electron chi connectivity index (χ0n) is 10.5. The molecule has 0 saturated carbocycles. The molecule has 1 aliphatic heterocycles. The van der Waals surface area contributed by atoms with Gasteiger partial charge in [-0.25, -0.2) is 9.78 Å². The topological polar surface area (TPSA) is 86.8 Å². The number of hydrogen-bond donors (Lipinski definition) is 1. The van der Waals surface area contributed by atoms with E-state index < -0.39 is 5.97 Å². The fraction of sp³-hybridized carbons (Fsp3) is 0.545. The van der Waals surface area contributed by atoms with Crippen LogP contribution in [-0.2, 0) is 14.4 Å². The Balaban J connectivity index is 2.13. The Morgan fingerprint density at radius 3 is 3.11 bits per heavy atom. The molecule has 104 valence electrons. The maximum atomic E-state index is 11.8. The number of anilines is 1. The third-order valence-electron chi connectivity index (χ3n) is 2.41. The maximum Gasteiger partial charge on any atom is 0.362 e. The molecule has 0 radical (unpaired) electrons. The van der Waals surface area contributed by atoms with Crippen molar-refractivity contribution in [1.29, 1.82) is 0 Å². The van der Waals surface area contributed by atoms with Crippen LogP contribution in [0.2, 0.25) is 0 Å². The molecule has 0 bridgehead atoms. The Morgan fingerprint density at radius 1 is 1.68 bits per heavy atom. The molecule has 8 heteroatoms. The van der Waals surface area contributed by atoms with Crippen molar-refractivity contribution >= 4 is 39.9 Å². The van der Waals surface area contributed by atoms with Crippen LogP contribution in [0, 0.1) is 0 Å². The average molecular weight is 301 g/mol. The van der Waals surface area contributed by atoms with Crippen LogP contribution in [0.3, 0.4) is 0 Å². The van der Waals surface area contributed by atoms with Crippen LogP contribution in [0.1, 0.15) is 19.0 Å². The lowest BCUT2D eigenvalue weighted by Crippen LogP contribution is -2.21. The van der Waals surface area contributed by atoms with Gasteiger partial charge in [0.1, 0.15) is 11.8 Å². The van der Waals surface area contributed by atoms with Gasteiger partial charge in [-0.05, 0) is 19.1 Å². The smallest absolute Gasteiger partial charge is 0.362 e. The zero-order chi connectivity index (χ0) is 13.7. The van der Waals surface area contributed by atoms with E-state index in [1.807, 2.05) is 11.8 Å². The maximum absolute atomic E-state index is 11.8. The molecule has 6 nitrogen and oxygen atoms in total. The van der Waals surface area contributed by atoms with Crippen molar-refractivity contribution in [1.82, 2.24) is 4.98 Å². The third kappa shape index (κ3) is 3.84. The van der Waals surface area contributed by atoms with Crippen LogP contribution >= 0.6 is 23.1 Å². The van der Waals surface area contributed by atoms with Gasteiger partial charge < -0.3 is 15.3 Å². The number of thioether (sulfide) groups is 1. The molecule has 1 aromatic heterocycles. The predicted octanol–water partition coefficient (Wildman–Crippen LogP) is 1.51. The number of ether oxygens (including phenoxy) is 1. The Labute approximate surface area is 119 Å². The first-order valence-electron chi connectivity index (χ1n) is 5.90. The summed E-state index contributed by atoms with van der Waals surface area (Å²) >= 11 is 3.05. The van der Waals surface area contributed by atoms with Gasteiger partial charge in [0.25, 0.3) is 0 Å². The van der Waals surface area contributed by atoms with Crippen LogP contribution in [0.25, 0.3) is 0 Å². The minimum atomic E-state index is -0.543. The largest absolute Gasteiger partial charge is 0.461 e. The first-order valence-corrected chi connectivity index (χ1v) is 7.94. The highest BCUT2D eigenvalue weighted by atomic mass is 32.2. The van der Waals surface area contributed by atoms with Crippen molar-refractivity contribution in [3.8, 4) is 0 Å². The second-order valence-electron chi connectivity index (χ2n) is 3.82. The number of rotatable bonds is 5. The number of nitrogens with two attached hydrogens (primary N) is 1. The third-order valence-corrected chi connectivity index (χ3v) is 4.22. The molecule has 19 heavy (non-hydrogen) atoms. The molecule has 1 aliphatic rings. The summed E-state index contributed by atoms with van der Waals surface area (Å²) in [4.78, 5) is 21.3. The van der Waals surface area contributed by atoms with E-state index in [9.17, 15) is 4.79 Å². The number of carbonyl (C=O) groups is 1. The van der Waals surface area contributed by atoms with Crippen molar-refractivity contribution < 1.29 is 14.4 Å². The fourth-order valence-corrected chi connectivity index (χ4v) is 3.14. The molecule has 0 spiro atoms. The number of hydrogen-bond acceptors (Lipinski definition) is 8. The van der Waals surface area contributed by atoms with Crippen LogP contribution in [-0.4, -0.2) is 40.9 Å². The molecule has 2 rings (SSSR count). The van der Waals surface area contributed by atoms with E-state index in [1.165, 1.54) is 11.3 Å². The van der Waals surface area contributed by atoms with Gasteiger partial charge in [0.05, 0.1) is 6.61 Å². The van der Waals surface area contributed by atoms with Gasteiger partial charge in [-0.2, -0.15) is 11.8 Å². The molecule has 0 aliphatic carbocycles. The molecule has 1 aromatic rings. The van der Waals surface area contributed by atoms with Crippen molar-refractivity contribution in [3.05, 3.63) is 11.1 Å². The summed E-state index contributed by atoms with van der Waals surface area (Å²) in [7, 11) is 0. The Morgan fingerprint density at radius 2 is 2.53 bits per heavy atom. The number of nitrogen functional groups attached to an aromatic ring is 1. The summed E-state index contributed by atoms with van der Waals surface area (Å²) < 4.78 is 4.95. The quantitative estimate of drug-likeness (QED) is 0.504. The standard InChI is InChI=1S/C11H15N3O3S2/c1-2-16-10(15)9(8-6-19-11(12)13-8)14-17-7-3-4-18-5-7/h6-7H,2-5H2,1H3,(H2,12,13). The lowest BCUT2D eigenvalue weighted by molar-refractivity contribution is -0.135. The van der Waals surface area contributed by atoms with E-state index in [2.05, 4.69) is 10.1 Å². The molecule has 2 N–H and O–H groups in total. The molecule has 0 aromatic carbocycles. The number of carbonyl (C=O) groups excluding carboxylic acids is 1. The highest BCUT2D eigenvalue weighted by Crippen LogP contribution is 2.21. The van der Waals surface area contributed by atoms with E-state index in [1.54, 1.807) is 12.3 Å². The Hall–Kier alpha value is -1.28. The van der Waals surface area contributed by atoms with E-state index in [0.717, 1.165) is 17.9 Å². The number of esters is 1. The molecule has 0 amide bonds. The Kier molecular flexibility index (Phi) is 5.03. The number of oxime groups is 1. The average Bonchev–Trinajstić information content (AvgIpc) is 3.02. The highest BCUT2D eigenvalue weighted by molar-refractivity contribution is 7.99. The van der Waals surface area contributed by atoms with E-state index in [4.69, 9.17) is 15.3 Å². The van der Waals surface area contributed by atoms with Crippen LogP contribution in [0.5, 0.6) is 0 Å². The summed E-state index contributed by atoms with van der Waals surface area (Å²) in [6.45, 7) is 2.01. The monoisotopic (exact) mass is 301 g/mol. The minimum absolute atomic E-state index is 0.0467. The van der Waals surface area contributed by atoms with E-state index in [0.29, 0.717) is 10.8 Å². The summed E-state index contributed by atoms with van der Waals surface area (Å²) in [6, 6.07) is 0. The van der Waals surface area contributed by atoms with Crippen LogP contribution in [0.4, 0.5) is 5.13 Å². The predicted molar refractivity (Wildman–Crippen MR) is 76.5 cm³/mol. The molecule has 1 saturated heterocycles. The van der Waals surface area contributed by atoms with Gasteiger partial charge in [-0.1, -0.05) is 5.16 Å². The number of nitrogens with zero attached hydrogens (tertiary/aromatic N) is 2. The summed E-state index contributed by atoms with van der Waals surface area (Å²) in [5.74, 6) is 1.40. The van der Waals surface area contributed by atoms with Gasteiger partial charge in [0.2, 0.25) is 5.71 Å². The second kappa shape index (κ2) is 6.76. The van der Waals surface area contributed by atoms with Crippen molar-refractivity contribution in [3.63, 3.8) is 0 Å². The molecular formula is C11H15N3O3S2. The van der Waals surface area contributed by atoms with Gasteiger partial charge in [-0.3, -0.25) is 0 Å². The minimum Gasteiger partial charge on any atom is -0.461 e. The molecule has 1 atom stereocenters. The first-order chi connectivity index (χ1) is 9.20. The van der Waals surface area contributed by atoms with Crippen molar-refractivity contribution in [2.45, 2.75) is 19.4 Å². The van der Waals surface area contributed by atoms with Gasteiger partial charge in [0, 0.05) is 11.1 Å². The SMILES string of the molecule is CCOC(=O)C(=NOC1CCSC1)c1csc(N)n1. The van der Waals surface area contributed by atoms with Crippen molar-refractivity contribution in [2.75, 3.05) is 23.8 Å². The summed E-state index contributed by atoms with van der Waals surface area (Å²) in [6.07, 6.45) is 0.981. The van der Waals surface area contributed by atoms with E-state index in [-0.39, 0.29) is 18.4 Å². The molecular weight excluding hydrogens is 286 g/mol. The van der Waals surface area contributed by atoms with Crippen LogP contribution in [0.15, 0.2) is 10.5 Å². The van der Waals surface area contributed by atoms with Gasteiger partial charge in [0.15, 0.2) is 5.13 Å². The van der Waals surface area contributed by atoms with Gasteiger partial charge in [-0.15, -0.1) is 11.3 Å².